The molecule has 0 aromatic heterocycles. The van der Waals surface area contributed by atoms with Crippen LogP contribution in [0, 0.1) is 6.92 Å². The number of nitrogens with zero attached hydrogens (tertiary/aromatic N) is 2. The van der Waals surface area contributed by atoms with E-state index in [2.05, 4.69) is 78.5 Å². The molecule has 1 aliphatic heterocycles. The van der Waals surface area contributed by atoms with Crippen LogP contribution in [0.15, 0.2) is 42.5 Å². The minimum Gasteiger partial charge on any atom is -0.385 e. The zero-order valence-electron chi connectivity index (χ0n) is 17.3. The number of piperazine rings is 1. The van der Waals surface area contributed by atoms with Crippen LogP contribution >= 0.6 is 0 Å². The Bertz CT molecular complexity index is 700. The van der Waals surface area contributed by atoms with Crippen molar-refractivity contribution in [3.05, 3.63) is 53.6 Å². The predicted molar refractivity (Wildman–Crippen MR) is 118 cm³/mol. The summed E-state index contributed by atoms with van der Waals surface area (Å²) in [5, 5.41) is 3.54. The van der Waals surface area contributed by atoms with Crippen LogP contribution in [0.5, 0.6) is 0 Å². The average molecular weight is 366 g/mol. The van der Waals surface area contributed by atoms with Gasteiger partial charge in [-0.15, -0.1) is 0 Å². The Morgan fingerprint density at radius 1 is 0.926 bits per heavy atom. The second kappa shape index (κ2) is 9.91. The van der Waals surface area contributed by atoms with Gasteiger partial charge in [-0.2, -0.15) is 0 Å². The summed E-state index contributed by atoms with van der Waals surface area (Å²) >= 11 is 0. The highest BCUT2D eigenvalue weighted by Crippen LogP contribution is 2.26. The summed E-state index contributed by atoms with van der Waals surface area (Å²) in [5.41, 5.74) is 6.61. The molecule has 1 heterocycles. The molecule has 2 aromatic rings. The lowest BCUT2D eigenvalue weighted by molar-refractivity contribution is 0.153. The van der Waals surface area contributed by atoms with Gasteiger partial charge in [0.25, 0.3) is 0 Å². The highest BCUT2D eigenvalue weighted by molar-refractivity contribution is 5.70. The Morgan fingerprint density at radius 3 is 2.33 bits per heavy atom. The fraction of sp³-hybridized carbons (Fsp3) is 0.500. The number of aryl methyl sites for hydroxylation is 2. The summed E-state index contributed by atoms with van der Waals surface area (Å²) in [6.45, 7) is 11.5. The van der Waals surface area contributed by atoms with Gasteiger partial charge in [0, 0.05) is 38.4 Å². The summed E-state index contributed by atoms with van der Waals surface area (Å²) in [6, 6.07) is 15.9. The molecular weight excluding hydrogens is 330 g/mol. The van der Waals surface area contributed by atoms with Crippen LogP contribution in [0.2, 0.25) is 0 Å². The van der Waals surface area contributed by atoms with E-state index in [1.165, 1.54) is 73.5 Å². The van der Waals surface area contributed by atoms with E-state index in [1.54, 1.807) is 0 Å². The summed E-state index contributed by atoms with van der Waals surface area (Å²) < 4.78 is 0. The van der Waals surface area contributed by atoms with E-state index in [1.807, 2.05) is 0 Å². The highest BCUT2D eigenvalue weighted by atomic mass is 15.2. The largest absolute Gasteiger partial charge is 0.385 e. The first-order valence-electron chi connectivity index (χ1n) is 10.5. The number of nitrogens with one attached hydrogen (secondary N) is 1. The first-order chi connectivity index (χ1) is 13.2. The van der Waals surface area contributed by atoms with Crippen molar-refractivity contribution in [1.82, 2.24) is 9.80 Å². The second-order valence-corrected chi connectivity index (χ2v) is 7.90. The monoisotopic (exact) mass is 365 g/mol. The van der Waals surface area contributed by atoms with E-state index in [0.717, 1.165) is 13.0 Å². The van der Waals surface area contributed by atoms with E-state index in [4.69, 9.17) is 0 Å². The molecule has 146 valence electrons. The van der Waals surface area contributed by atoms with Crippen molar-refractivity contribution in [3.63, 3.8) is 0 Å². The molecule has 1 saturated heterocycles. The molecule has 0 atom stereocenters. The van der Waals surface area contributed by atoms with Crippen LogP contribution in [0.1, 0.15) is 30.9 Å². The fourth-order valence-corrected chi connectivity index (χ4v) is 3.69. The number of hydrogen-bond acceptors (Lipinski definition) is 3. The zero-order chi connectivity index (χ0) is 19.1. The zero-order valence-corrected chi connectivity index (χ0v) is 17.3. The molecule has 0 aliphatic carbocycles. The summed E-state index contributed by atoms with van der Waals surface area (Å²) in [4.78, 5) is 5.02. The topological polar surface area (TPSA) is 18.5 Å². The van der Waals surface area contributed by atoms with Gasteiger partial charge in [-0.25, -0.2) is 0 Å². The van der Waals surface area contributed by atoms with E-state index >= 15 is 0 Å². The van der Waals surface area contributed by atoms with Gasteiger partial charge in [0.1, 0.15) is 0 Å². The number of rotatable bonds is 8. The Morgan fingerprint density at radius 2 is 1.63 bits per heavy atom. The maximum atomic E-state index is 3.54. The number of hydrogen-bond donors (Lipinski definition) is 1. The predicted octanol–water partition coefficient (Wildman–Crippen LogP) is 4.66. The van der Waals surface area contributed by atoms with Gasteiger partial charge in [0.15, 0.2) is 0 Å². The second-order valence-electron chi connectivity index (χ2n) is 7.90. The van der Waals surface area contributed by atoms with Crippen LogP contribution < -0.4 is 5.32 Å². The molecule has 1 fully saturated rings. The lowest BCUT2D eigenvalue weighted by Crippen LogP contribution is -2.44. The summed E-state index contributed by atoms with van der Waals surface area (Å²) in [6.07, 6.45) is 3.56. The minimum atomic E-state index is 1.02. The molecule has 27 heavy (non-hydrogen) atoms. The maximum Gasteiger partial charge on any atom is 0.0376 e. The van der Waals surface area contributed by atoms with Gasteiger partial charge in [0.2, 0.25) is 0 Å². The van der Waals surface area contributed by atoms with Crippen molar-refractivity contribution in [2.24, 2.45) is 0 Å². The smallest absolute Gasteiger partial charge is 0.0376 e. The Hall–Kier alpha value is -1.84. The van der Waals surface area contributed by atoms with Gasteiger partial charge < -0.3 is 15.1 Å². The first-order valence-corrected chi connectivity index (χ1v) is 10.5. The third-order valence-electron chi connectivity index (χ3n) is 5.63. The number of likely N-dealkylation sites (N-methyl/N-ethyl adjacent to an activating group) is 1. The Labute approximate surface area is 165 Å². The highest BCUT2D eigenvalue weighted by Gasteiger charge is 2.12. The van der Waals surface area contributed by atoms with Gasteiger partial charge in [0.05, 0.1) is 0 Å². The molecule has 0 unspecified atom stereocenters. The molecule has 0 bridgehead atoms. The Kier molecular flexibility index (Phi) is 7.31. The fourth-order valence-electron chi connectivity index (χ4n) is 3.69. The molecule has 0 spiro atoms. The van der Waals surface area contributed by atoms with Crippen LogP contribution in [0.3, 0.4) is 0 Å². The molecular formula is C24H35N3. The van der Waals surface area contributed by atoms with E-state index in [0.29, 0.717) is 0 Å². The summed E-state index contributed by atoms with van der Waals surface area (Å²) in [7, 11) is 2.22. The van der Waals surface area contributed by atoms with Crippen molar-refractivity contribution < 1.29 is 0 Å². The van der Waals surface area contributed by atoms with Crippen LogP contribution in [0.4, 0.5) is 5.69 Å². The normalized spacial score (nSPS) is 15.8. The quantitative estimate of drug-likeness (QED) is 0.734. The van der Waals surface area contributed by atoms with Crippen LogP contribution in [0.25, 0.3) is 11.1 Å². The van der Waals surface area contributed by atoms with Crippen molar-refractivity contribution >= 4 is 5.69 Å². The number of anilines is 1. The Balaban J connectivity index is 1.54. The summed E-state index contributed by atoms with van der Waals surface area (Å²) in [5.74, 6) is 0. The van der Waals surface area contributed by atoms with Crippen molar-refractivity contribution in [3.8, 4) is 11.1 Å². The molecule has 0 amide bonds. The van der Waals surface area contributed by atoms with Gasteiger partial charge in [-0.3, -0.25) is 0 Å². The van der Waals surface area contributed by atoms with E-state index in [-0.39, 0.29) is 0 Å². The third-order valence-corrected chi connectivity index (χ3v) is 5.63. The van der Waals surface area contributed by atoms with Gasteiger partial charge in [-0.1, -0.05) is 43.3 Å². The molecule has 0 radical (unpaired) electrons. The van der Waals surface area contributed by atoms with Gasteiger partial charge >= 0.3 is 0 Å². The van der Waals surface area contributed by atoms with Crippen molar-refractivity contribution in [2.75, 3.05) is 51.6 Å². The molecule has 3 heteroatoms. The third kappa shape index (κ3) is 5.82. The van der Waals surface area contributed by atoms with E-state index < -0.39 is 0 Å². The molecule has 3 rings (SSSR count). The number of benzene rings is 2. The lowest BCUT2D eigenvalue weighted by Gasteiger charge is -2.32. The minimum absolute atomic E-state index is 1.02. The lowest BCUT2D eigenvalue weighted by atomic mass is 10.00. The van der Waals surface area contributed by atoms with Crippen LogP contribution in [-0.4, -0.2) is 56.1 Å². The molecule has 1 N–H and O–H groups in total. The van der Waals surface area contributed by atoms with Crippen molar-refractivity contribution in [1.29, 1.82) is 0 Å². The van der Waals surface area contributed by atoms with E-state index in [9.17, 15) is 0 Å². The SMILES string of the molecule is CCCNc1cc(-c2ccc(CCCN3CCN(C)CC3)cc2)ccc1C. The van der Waals surface area contributed by atoms with Crippen LogP contribution in [-0.2, 0) is 6.42 Å². The standard InChI is InChI=1S/C24H35N3/c1-4-13-25-24-19-23(10-7-20(24)2)22-11-8-21(9-12-22)6-5-14-27-17-15-26(3)16-18-27/h7-12,19,25H,4-6,13-18H2,1-3H3. The average Bonchev–Trinajstić information content (AvgIpc) is 2.69. The molecule has 2 aromatic carbocycles. The molecule has 0 saturated carbocycles. The first kappa shape index (κ1) is 19.9. The molecule has 1 aliphatic rings. The van der Waals surface area contributed by atoms with Crippen molar-refractivity contribution in [2.45, 2.75) is 33.1 Å². The van der Waals surface area contributed by atoms with Gasteiger partial charge in [-0.05, 0) is 68.1 Å². The molecule has 3 nitrogen and oxygen atoms in total. The maximum absolute atomic E-state index is 3.54.